The highest BCUT2D eigenvalue weighted by Crippen LogP contribution is 2.42. The van der Waals surface area contributed by atoms with Crippen molar-refractivity contribution in [3.63, 3.8) is 0 Å². The number of aliphatic imine (C=N–C) groups is 1. The molecule has 154 valence electrons. The van der Waals surface area contributed by atoms with Crippen LogP contribution in [0.2, 0.25) is 0 Å². The summed E-state index contributed by atoms with van der Waals surface area (Å²) in [4.78, 5) is 18.7. The molecule has 30 heavy (non-hydrogen) atoms. The van der Waals surface area contributed by atoms with Crippen molar-refractivity contribution in [3.8, 4) is 11.5 Å². The van der Waals surface area contributed by atoms with Gasteiger partial charge in [0.2, 0.25) is 6.79 Å². The van der Waals surface area contributed by atoms with Gasteiger partial charge in [0.05, 0.1) is 17.0 Å². The molecule has 0 radical (unpaired) electrons. The topological polar surface area (TPSA) is 92.6 Å². The molecule has 4 heterocycles. The van der Waals surface area contributed by atoms with Gasteiger partial charge in [0.25, 0.3) is 0 Å². The van der Waals surface area contributed by atoms with Crippen LogP contribution in [0, 0.1) is 5.92 Å². The number of amidine groups is 1. The number of carboxylic acid groups (broad SMARTS) is 1. The summed E-state index contributed by atoms with van der Waals surface area (Å²) >= 11 is 0. The zero-order valence-electron chi connectivity index (χ0n) is 16.3. The molecule has 1 aromatic carbocycles. The molecule has 0 amide bonds. The molecule has 2 N–H and O–H groups in total. The molecule has 1 fully saturated rings. The zero-order chi connectivity index (χ0) is 20.2. The minimum absolute atomic E-state index is 0.159. The summed E-state index contributed by atoms with van der Waals surface area (Å²) in [5.41, 5.74) is 4.67. The van der Waals surface area contributed by atoms with Crippen LogP contribution in [0.15, 0.2) is 58.2 Å². The van der Waals surface area contributed by atoms with Crippen LogP contribution in [0.5, 0.6) is 11.5 Å². The molecule has 1 saturated carbocycles. The minimum atomic E-state index is -0.835. The Morgan fingerprint density at radius 2 is 2.20 bits per heavy atom. The molecule has 0 aromatic heterocycles. The van der Waals surface area contributed by atoms with Crippen molar-refractivity contribution < 1.29 is 24.1 Å². The molecule has 1 atom stereocenters. The smallest absolute Gasteiger partial charge is 0.326 e. The van der Waals surface area contributed by atoms with Gasteiger partial charge in [-0.25, -0.2) is 9.79 Å². The van der Waals surface area contributed by atoms with E-state index in [4.69, 9.17) is 19.2 Å². The van der Waals surface area contributed by atoms with Crippen molar-refractivity contribution >= 4 is 11.8 Å². The van der Waals surface area contributed by atoms with Gasteiger partial charge in [-0.05, 0) is 42.9 Å². The highest BCUT2D eigenvalue weighted by Gasteiger charge is 2.40. The fraction of sp³-hybridized carbons (Fsp3) is 0.364. The molecule has 8 nitrogen and oxygen atoms in total. The van der Waals surface area contributed by atoms with Crippen molar-refractivity contribution in [2.24, 2.45) is 10.9 Å². The van der Waals surface area contributed by atoms with Gasteiger partial charge < -0.3 is 29.5 Å². The molecule has 1 aromatic rings. The lowest BCUT2D eigenvalue weighted by molar-refractivity contribution is -0.139. The van der Waals surface area contributed by atoms with E-state index in [2.05, 4.69) is 10.2 Å². The Morgan fingerprint density at radius 3 is 3.03 bits per heavy atom. The quantitative estimate of drug-likeness (QED) is 0.774. The number of hydrogen-bond donors (Lipinski definition) is 2. The van der Waals surface area contributed by atoms with E-state index in [1.54, 1.807) is 12.5 Å². The van der Waals surface area contributed by atoms with Crippen LogP contribution < -0.4 is 14.8 Å². The van der Waals surface area contributed by atoms with Gasteiger partial charge in [0.1, 0.15) is 24.7 Å². The van der Waals surface area contributed by atoms with Gasteiger partial charge in [0.15, 0.2) is 11.5 Å². The van der Waals surface area contributed by atoms with E-state index in [1.807, 2.05) is 18.2 Å². The first-order chi connectivity index (χ1) is 14.7. The summed E-state index contributed by atoms with van der Waals surface area (Å²) in [6, 6.07) is 5.19. The molecule has 5 aliphatic rings. The fourth-order valence-electron chi connectivity index (χ4n) is 4.51. The Kier molecular flexibility index (Phi) is 3.81. The molecule has 1 aliphatic carbocycles. The predicted octanol–water partition coefficient (Wildman–Crippen LogP) is 2.34. The molecule has 0 saturated heterocycles. The fourth-order valence-corrected chi connectivity index (χ4v) is 4.51. The summed E-state index contributed by atoms with van der Waals surface area (Å²) in [6.45, 7) is 1.47. The summed E-state index contributed by atoms with van der Waals surface area (Å²) in [5.74, 6) is 1.56. The summed E-state index contributed by atoms with van der Waals surface area (Å²) in [7, 11) is 0. The molecule has 0 bridgehead atoms. The first-order valence-corrected chi connectivity index (χ1v) is 10.2. The van der Waals surface area contributed by atoms with Crippen LogP contribution in [0.4, 0.5) is 0 Å². The number of nitrogens with one attached hydrogen (secondary N) is 1. The maximum atomic E-state index is 11.8. The van der Waals surface area contributed by atoms with E-state index >= 15 is 0 Å². The van der Waals surface area contributed by atoms with Gasteiger partial charge in [-0.2, -0.15) is 0 Å². The third kappa shape index (κ3) is 2.67. The van der Waals surface area contributed by atoms with Crippen LogP contribution in [0.3, 0.4) is 0 Å². The highest BCUT2D eigenvalue weighted by atomic mass is 16.7. The lowest BCUT2D eigenvalue weighted by Gasteiger charge is -2.30. The number of hydrogen-bond acceptors (Lipinski definition) is 7. The number of carbonyl (C=O) groups is 1. The molecular formula is C22H21N3O5. The summed E-state index contributed by atoms with van der Waals surface area (Å²) < 4.78 is 17.0. The van der Waals surface area contributed by atoms with Crippen molar-refractivity contribution in [2.45, 2.75) is 25.3 Å². The largest absolute Gasteiger partial charge is 0.495 e. The van der Waals surface area contributed by atoms with Gasteiger partial charge in [-0.3, -0.25) is 0 Å². The number of para-hydroxylation sites is 1. The second-order valence-electron chi connectivity index (χ2n) is 8.03. The Morgan fingerprint density at radius 1 is 1.30 bits per heavy atom. The van der Waals surface area contributed by atoms with Crippen LogP contribution in [-0.4, -0.2) is 47.8 Å². The van der Waals surface area contributed by atoms with Crippen molar-refractivity contribution in [1.29, 1.82) is 0 Å². The number of benzene rings is 1. The SMILES string of the molecule is O=C(O)C(NC1=COCC2=C3C1=CN=C(c1cccc4c1OCO4)N3CC2)C1CC1. The number of rotatable bonds is 5. The van der Waals surface area contributed by atoms with Gasteiger partial charge in [0, 0.05) is 18.3 Å². The predicted molar refractivity (Wildman–Crippen MR) is 107 cm³/mol. The molecule has 4 aliphatic heterocycles. The average molecular weight is 407 g/mol. The third-order valence-electron chi connectivity index (χ3n) is 6.13. The number of carboxylic acids is 1. The Balaban J connectivity index is 1.41. The van der Waals surface area contributed by atoms with Crippen molar-refractivity contribution in [2.75, 3.05) is 19.9 Å². The normalized spacial score (nSPS) is 22.4. The lowest BCUT2D eigenvalue weighted by atomic mass is 10.0. The van der Waals surface area contributed by atoms with Gasteiger partial charge in [-0.15, -0.1) is 0 Å². The van der Waals surface area contributed by atoms with Crippen LogP contribution >= 0.6 is 0 Å². The van der Waals surface area contributed by atoms with Crippen LogP contribution in [0.1, 0.15) is 24.8 Å². The zero-order valence-corrected chi connectivity index (χ0v) is 16.3. The minimum Gasteiger partial charge on any atom is -0.495 e. The second-order valence-corrected chi connectivity index (χ2v) is 8.03. The van der Waals surface area contributed by atoms with E-state index in [9.17, 15) is 9.90 Å². The monoisotopic (exact) mass is 407 g/mol. The van der Waals surface area contributed by atoms with Gasteiger partial charge in [-0.1, -0.05) is 6.07 Å². The second kappa shape index (κ2) is 6.55. The van der Waals surface area contributed by atoms with E-state index in [0.717, 1.165) is 54.2 Å². The number of nitrogens with zero attached hydrogens (tertiary/aromatic N) is 2. The summed E-state index contributed by atoms with van der Waals surface area (Å²) in [6.07, 6.45) is 6.17. The van der Waals surface area contributed by atoms with E-state index in [0.29, 0.717) is 18.1 Å². The van der Waals surface area contributed by atoms with Crippen LogP contribution in [-0.2, 0) is 9.53 Å². The molecular weight excluding hydrogens is 386 g/mol. The highest BCUT2D eigenvalue weighted by molar-refractivity contribution is 6.05. The Labute approximate surface area is 173 Å². The van der Waals surface area contributed by atoms with Crippen molar-refractivity contribution in [3.05, 3.63) is 58.8 Å². The average Bonchev–Trinajstić information content (AvgIpc) is 3.35. The van der Waals surface area contributed by atoms with Crippen LogP contribution in [0.25, 0.3) is 0 Å². The van der Waals surface area contributed by atoms with E-state index < -0.39 is 12.0 Å². The Hall–Kier alpha value is -3.42. The molecule has 6 rings (SSSR count). The standard InChI is InChI=1S/C22H21N3O5/c26-22(27)18(12-4-5-12)24-16-10-28-9-13-6-7-25-19(13)15(16)8-23-21(25)14-2-1-3-17-20(14)30-11-29-17/h1-3,8,10,12,18,24H,4-7,9,11H2,(H,26,27). The molecule has 0 spiro atoms. The molecule has 8 heteroatoms. The van der Waals surface area contributed by atoms with E-state index in [-0.39, 0.29) is 12.7 Å². The maximum Gasteiger partial charge on any atom is 0.326 e. The summed E-state index contributed by atoms with van der Waals surface area (Å²) in [5, 5.41) is 12.9. The number of aliphatic carboxylic acids is 1. The number of fused-ring (bicyclic) bond motifs is 1. The van der Waals surface area contributed by atoms with Crippen molar-refractivity contribution in [1.82, 2.24) is 10.2 Å². The molecule has 1 unspecified atom stereocenters. The number of ether oxygens (including phenoxy) is 3. The maximum absolute atomic E-state index is 11.8. The lowest BCUT2D eigenvalue weighted by Crippen LogP contribution is -2.40. The third-order valence-corrected chi connectivity index (χ3v) is 6.13. The Bertz CT molecular complexity index is 1070. The van der Waals surface area contributed by atoms with Gasteiger partial charge >= 0.3 is 5.97 Å². The first kappa shape index (κ1) is 17.4. The van der Waals surface area contributed by atoms with E-state index in [1.165, 1.54) is 5.57 Å². The first-order valence-electron chi connectivity index (χ1n) is 10.2.